The van der Waals surface area contributed by atoms with Crippen LogP contribution in [0.4, 0.5) is 8.78 Å². The van der Waals surface area contributed by atoms with Crippen molar-refractivity contribution in [1.82, 2.24) is 9.80 Å². The van der Waals surface area contributed by atoms with Crippen molar-refractivity contribution in [2.24, 2.45) is 5.41 Å². The summed E-state index contributed by atoms with van der Waals surface area (Å²) in [6.07, 6.45) is 3.20. The van der Waals surface area contributed by atoms with Gasteiger partial charge in [0, 0.05) is 25.4 Å². The summed E-state index contributed by atoms with van der Waals surface area (Å²) in [5.41, 5.74) is 3.46. The quantitative estimate of drug-likeness (QED) is 0.356. The van der Waals surface area contributed by atoms with E-state index >= 15 is 0 Å². The van der Waals surface area contributed by atoms with Gasteiger partial charge in [-0.1, -0.05) is 54.6 Å². The van der Waals surface area contributed by atoms with Crippen LogP contribution in [0.3, 0.4) is 0 Å². The van der Waals surface area contributed by atoms with Crippen LogP contribution in [0.1, 0.15) is 47.3 Å². The molecule has 1 spiro atoms. The molecule has 0 aromatic heterocycles. The molecule has 1 atom stereocenters. The molecule has 2 heterocycles. The van der Waals surface area contributed by atoms with Gasteiger partial charge >= 0.3 is 0 Å². The van der Waals surface area contributed by atoms with Gasteiger partial charge in [-0.25, -0.2) is 8.78 Å². The van der Waals surface area contributed by atoms with Gasteiger partial charge in [0.15, 0.2) is 0 Å². The van der Waals surface area contributed by atoms with Gasteiger partial charge in [-0.05, 0) is 85.3 Å². The second-order valence-electron chi connectivity index (χ2n) is 10.6. The maximum Gasteiger partial charge on any atom is 0.123 e. The van der Waals surface area contributed by atoms with Crippen LogP contribution in [0.25, 0.3) is 0 Å². The van der Waals surface area contributed by atoms with Crippen molar-refractivity contribution in [3.8, 4) is 0 Å². The van der Waals surface area contributed by atoms with Gasteiger partial charge in [0.1, 0.15) is 11.6 Å². The summed E-state index contributed by atoms with van der Waals surface area (Å²) in [6.45, 7) is 6.07. The number of benzene rings is 3. The molecule has 3 aromatic rings. The van der Waals surface area contributed by atoms with E-state index in [0.717, 1.165) is 55.2 Å². The monoisotopic (exact) mass is 522 g/mol. The highest BCUT2D eigenvalue weighted by Crippen LogP contribution is 2.41. The lowest BCUT2D eigenvalue weighted by atomic mass is 9.78. The zero-order valence-corrected chi connectivity index (χ0v) is 22.1. The molecule has 0 aliphatic carbocycles. The second kappa shape index (κ2) is 12.1. The highest BCUT2D eigenvalue weighted by molar-refractivity contribution is 7.99. The molecule has 2 aliphatic rings. The van der Waals surface area contributed by atoms with Gasteiger partial charge in [-0.15, -0.1) is 11.8 Å². The number of aliphatic hydroxyl groups excluding tert-OH is 1. The first-order chi connectivity index (χ1) is 18.0. The van der Waals surface area contributed by atoms with Crippen LogP contribution in [-0.2, 0) is 0 Å². The molecule has 2 saturated heterocycles. The van der Waals surface area contributed by atoms with Crippen LogP contribution in [0.5, 0.6) is 0 Å². The Bertz CT molecular complexity index is 1070. The molecule has 1 unspecified atom stereocenters. The molecule has 0 bridgehead atoms. The zero-order valence-electron chi connectivity index (χ0n) is 21.2. The summed E-state index contributed by atoms with van der Waals surface area (Å²) in [5.74, 6) is 0.477. The maximum absolute atomic E-state index is 13.5. The Balaban J connectivity index is 1.11. The first-order valence-electron chi connectivity index (χ1n) is 13.3. The fraction of sp³-hybridized carbons (Fsp3) is 0.419. The average Bonchev–Trinajstić information content (AvgIpc) is 3.31. The van der Waals surface area contributed by atoms with E-state index in [0.29, 0.717) is 12.0 Å². The van der Waals surface area contributed by atoms with Gasteiger partial charge in [0.2, 0.25) is 0 Å². The fourth-order valence-corrected chi connectivity index (χ4v) is 7.13. The molecule has 2 aliphatic heterocycles. The lowest BCUT2D eigenvalue weighted by Crippen LogP contribution is -2.42. The van der Waals surface area contributed by atoms with Crippen molar-refractivity contribution in [3.63, 3.8) is 0 Å². The minimum Gasteiger partial charge on any atom is -0.387 e. The number of aliphatic hydroxyl groups is 1. The van der Waals surface area contributed by atoms with Crippen LogP contribution in [0, 0.1) is 17.0 Å². The number of hydrogen-bond donors (Lipinski definition) is 1. The third-order valence-corrected chi connectivity index (χ3v) is 9.38. The van der Waals surface area contributed by atoms with Crippen molar-refractivity contribution in [1.29, 1.82) is 0 Å². The Labute approximate surface area is 223 Å². The van der Waals surface area contributed by atoms with Gasteiger partial charge in [0.25, 0.3) is 0 Å². The Morgan fingerprint density at radius 2 is 1.27 bits per heavy atom. The number of halogens is 2. The van der Waals surface area contributed by atoms with Gasteiger partial charge in [-0.3, -0.25) is 4.90 Å². The van der Waals surface area contributed by atoms with E-state index in [4.69, 9.17) is 0 Å². The van der Waals surface area contributed by atoms with Crippen molar-refractivity contribution >= 4 is 11.8 Å². The topological polar surface area (TPSA) is 26.7 Å². The van der Waals surface area contributed by atoms with E-state index in [1.807, 2.05) is 66.4 Å². The largest absolute Gasteiger partial charge is 0.387 e. The van der Waals surface area contributed by atoms with Crippen LogP contribution in [0.15, 0.2) is 78.9 Å². The van der Waals surface area contributed by atoms with Crippen LogP contribution in [-0.4, -0.2) is 59.9 Å². The summed E-state index contributed by atoms with van der Waals surface area (Å²) in [7, 11) is 0. The first kappa shape index (κ1) is 26.4. The average molecular weight is 523 g/mol. The summed E-state index contributed by atoms with van der Waals surface area (Å²) >= 11 is 1.84. The molecule has 0 radical (unpaired) electrons. The van der Waals surface area contributed by atoms with E-state index < -0.39 is 6.10 Å². The van der Waals surface area contributed by atoms with Crippen molar-refractivity contribution in [3.05, 3.63) is 107 Å². The van der Waals surface area contributed by atoms with Gasteiger partial charge < -0.3 is 10.0 Å². The maximum atomic E-state index is 13.5. The molecule has 1 N–H and O–H groups in total. The standard InChI is InChI=1S/C31H36F2N2OS/c32-27-10-6-25(7-11-27)30(26-8-12-28(33)13-9-26)37-21-20-34-17-14-31(15-18-34)16-19-35(23-31)22-29(36)24-4-2-1-3-5-24/h1-13,29-30,36H,14-23H2. The van der Waals surface area contributed by atoms with E-state index in [2.05, 4.69) is 9.80 Å². The first-order valence-corrected chi connectivity index (χ1v) is 14.3. The van der Waals surface area contributed by atoms with E-state index in [-0.39, 0.29) is 16.9 Å². The molecule has 0 amide bonds. The molecular weight excluding hydrogens is 486 g/mol. The summed E-state index contributed by atoms with van der Waals surface area (Å²) in [5, 5.41) is 10.7. The molecule has 0 saturated carbocycles. The highest BCUT2D eigenvalue weighted by Gasteiger charge is 2.40. The minimum atomic E-state index is -0.427. The molecule has 3 nitrogen and oxygen atoms in total. The number of nitrogens with zero attached hydrogens (tertiary/aromatic N) is 2. The van der Waals surface area contributed by atoms with Crippen LogP contribution < -0.4 is 0 Å². The molecule has 37 heavy (non-hydrogen) atoms. The molecule has 6 heteroatoms. The zero-order chi connectivity index (χ0) is 25.7. The molecule has 2 fully saturated rings. The number of likely N-dealkylation sites (tertiary alicyclic amines) is 2. The second-order valence-corrected chi connectivity index (χ2v) is 11.8. The summed E-state index contributed by atoms with van der Waals surface area (Å²) in [4.78, 5) is 5.01. The van der Waals surface area contributed by atoms with Gasteiger partial charge in [-0.2, -0.15) is 0 Å². The predicted molar refractivity (Wildman–Crippen MR) is 148 cm³/mol. The normalized spacial score (nSPS) is 19.0. The van der Waals surface area contributed by atoms with Crippen LogP contribution >= 0.6 is 11.8 Å². The number of piperidine rings is 1. The third kappa shape index (κ3) is 6.80. The Hall–Kier alpha value is -2.25. The number of thioether (sulfide) groups is 1. The number of rotatable bonds is 9. The van der Waals surface area contributed by atoms with Crippen LogP contribution in [0.2, 0.25) is 0 Å². The van der Waals surface area contributed by atoms with Crippen molar-refractivity contribution in [2.45, 2.75) is 30.6 Å². The smallest absolute Gasteiger partial charge is 0.123 e. The molecule has 3 aromatic carbocycles. The predicted octanol–water partition coefficient (Wildman–Crippen LogP) is 6.31. The van der Waals surface area contributed by atoms with Crippen molar-refractivity contribution in [2.75, 3.05) is 45.0 Å². The highest BCUT2D eigenvalue weighted by atomic mass is 32.2. The Morgan fingerprint density at radius 3 is 1.84 bits per heavy atom. The van der Waals surface area contributed by atoms with E-state index in [9.17, 15) is 13.9 Å². The van der Waals surface area contributed by atoms with Crippen molar-refractivity contribution < 1.29 is 13.9 Å². The summed E-state index contributed by atoms with van der Waals surface area (Å²) in [6, 6.07) is 23.3. The SMILES string of the molecule is OC(CN1CCC2(CCN(CCSC(c3ccc(F)cc3)c3ccc(F)cc3)CC2)C1)c1ccccc1. The molecule has 196 valence electrons. The minimum absolute atomic E-state index is 0.0526. The van der Waals surface area contributed by atoms with E-state index in [1.54, 1.807) is 0 Å². The van der Waals surface area contributed by atoms with E-state index in [1.165, 1.54) is 43.5 Å². The Morgan fingerprint density at radius 1 is 0.730 bits per heavy atom. The third-order valence-electron chi connectivity index (χ3n) is 8.09. The molecule has 5 rings (SSSR count). The lowest BCUT2D eigenvalue weighted by molar-refractivity contribution is 0.0914. The number of β-amino-alcohol motifs (C(OH)–C–C–N with tert-alkyl or cyclic N) is 1. The number of hydrogen-bond acceptors (Lipinski definition) is 4. The van der Waals surface area contributed by atoms with Gasteiger partial charge in [0.05, 0.1) is 11.4 Å². The molecular formula is C31H36F2N2OS. The Kier molecular flexibility index (Phi) is 8.60. The summed E-state index contributed by atoms with van der Waals surface area (Å²) < 4.78 is 27.0. The lowest BCUT2D eigenvalue weighted by Gasteiger charge is -2.39. The fourth-order valence-electron chi connectivity index (χ4n) is 5.83.